The van der Waals surface area contributed by atoms with Crippen molar-refractivity contribution >= 4 is 6.09 Å². The van der Waals surface area contributed by atoms with Gasteiger partial charge in [0.05, 0.1) is 11.6 Å². The number of carbonyl (C=O) groups is 1. The van der Waals surface area contributed by atoms with Crippen LogP contribution in [0.25, 0.3) is 11.1 Å². The van der Waals surface area contributed by atoms with Gasteiger partial charge in [0.25, 0.3) is 0 Å². The van der Waals surface area contributed by atoms with E-state index in [1.165, 1.54) is 12.1 Å². The van der Waals surface area contributed by atoms with Gasteiger partial charge in [-0.1, -0.05) is 44.2 Å². The van der Waals surface area contributed by atoms with Crippen LogP contribution in [0.4, 0.5) is 18.0 Å². The summed E-state index contributed by atoms with van der Waals surface area (Å²) in [5.41, 5.74) is 2.60. The molecule has 0 saturated carbocycles. The quantitative estimate of drug-likeness (QED) is 0.724. The van der Waals surface area contributed by atoms with Crippen LogP contribution in [-0.4, -0.2) is 11.2 Å². The zero-order valence-electron chi connectivity index (χ0n) is 14.5. The molecule has 2 aromatic rings. The highest BCUT2D eigenvalue weighted by molar-refractivity contribution is 5.68. The van der Waals surface area contributed by atoms with E-state index in [0.717, 1.165) is 41.7 Å². The maximum absolute atomic E-state index is 12.7. The third-order valence-corrected chi connectivity index (χ3v) is 5.09. The van der Waals surface area contributed by atoms with Crippen LogP contribution in [-0.2, 0) is 12.6 Å². The van der Waals surface area contributed by atoms with E-state index in [2.05, 4.69) is 5.32 Å². The molecule has 0 spiro atoms. The molecule has 1 amide bonds. The van der Waals surface area contributed by atoms with E-state index in [1.54, 1.807) is 0 Å². The van der Waals surface area contributed by atoms with Crippen LogP contribution in [0.15, 0.2) is 42.5 Å². The lowest BCUT2D eigenvalue weighted by Crippen LogP contribution is -2.40. The molecule has 6 heteroatoms. The summed E-state index contributed by atoms with van der Waals surface area (Å²) in [6, 6.07) is 10.4. The first kappa shape index (κ1) is 18.3. The predicted molar refractivity (Wildman–Crippen MR) is 92.9 cm³/mol. The molecule has 26 heavy (non-hydrogen) atoms. The summed E-state index contributed by atoms with van der Waals surface area (Å²) in [4.78, 5) is 11.2. The fraction of sp³-hybridized carbons (Fsp3) is 0.350. The number of nitrogens with one attached hydrogen (secondary N) is 1. The van der Waals surface area contributed by atoms with Gasteiger partial charge < -0.3 is 10.4 Å². The molecule has 1 aliphatic carbocycles. The molecule has 0 radical (unpaired) electrons. The van der Waals surface area contributed by atoms with Gasteiger partial charge in [-0.3, -0.25) is 0 Å². The van der Waals surface area contributed by atoms with Crippen LogP contribution in [0.3, 0.4) is 0 Å². The summed E-state index contributed by atoms with van der Waals surface area (Å²) in [6.45, 7) is 4.06. The minimum atomic E-state index is -4.35. The molecule has 1 atom stereocenters. The van der Waals surface area contributed by atoms with Gasteiger partial charge in [-0.05, 0) is 52.6 Å². The van der Waals surface area contributed by atoms with Crippen LogP contribution in [0, 0.1) is 5.41 Å². The van der Waals surface area contributed by atoms with Crippen molar-refractivity contribution in [2.24, 2.45) is 5.41 Å². The highest BCUT2D eigenvalue weighted by Crippen LogP contribution is 2.44. The molecule has 0 heterocycles. The number of hydrogen-bond acceptors (Lipinski definition) is 1. The van der Waals surface area contributed by atoms with E-state index in [-0.39, 0.29) is 11.5 Å². The van der Waals surface area contributed by atoms with E-state index in [9.17, 15) is 18.0 Å². The van der Waals surface area contributed by atoms with Crippen molar-refractivity contribution in [3.05, 3.63) is 59.2 Å². The maximum Gasteiger partial charge on any atom is 0.416 e. The highest BCUT2D eigenvalue weighted by atomic mass is 19.4. The van der Waals surface area contributed by atoms with Gasteiger partial charge in [0, 0.05) is 0 Å². The molecule has 138 valence electrons. The van der Waals surface area contributed by atoms with Crippen molar-refractivity contribution in [2.75, 3.05) is 0 Å². The standard InChI is InChI=1S/C20H20F3NO2/c1-19(2)10-9-14-11-13(5-8-16(14)17(19)24-18(25)26)12-3-6-15(7-4-12)20(21,22)23/h3-8,11,17,24H,9-10H2,1-2H3,(H,25,26)/t17-/m1/s1. The van der Waals surface area contributed by atoms with Crippen LogP contribution in [0.2, 0.25) is 0 Å². The van der Waals surface area contributed by atoms with E-state index in [0.29, 0.717) is 5.56 Å². The van der Waals surface area contributed by atoms with Crippen molar-refractivity contribution in [1.29, 1.82) is 0 Å². The number of fused-ring (bicyclic) bond motifs is 1. The number of hydrogen-bond donors (Lipinski definition) is 2. The lowest BCUT2D eigenvalue weighted by Gasteiger charge is -2.40. The molecule has 2 aromatic carbocycles. The average molecular weight is 363 g/mol. The Morgan fingerprint density at radius 3 is 2.31 bits per heavy atom. The second-order valence-electron chi connectivity index (χ2n) is 7.36. The lowest BCUT2D eigenvalue weighted by molar-refractivity contribution is -0.137. The molecule has 0 fully saturated rings. The number of carboxylic acid groups (broad SMARTS) is 1. The number of amides is 1. The van der Waals surface area contributed by atoms with Crippen molar-refractivity contribution in [3.8, 4) is 11.1 Å². The van der Waals surface area contributed by atoms with E-state index >= 15 is 0 Å². The molecular weight excluding hydrogens is 343 g/mol. The van der Waals surface area contributed by atoms with Gasteiger partial charge in [0.1, 0.15) is 0 Å². The number of benzene rings is 2. The topological polar surface area (TPSA) is 49.3 Å². The Morgan fingerprint density at radius 1 is 1.12 bits per heavy atom. The molecule has 0 bridgehead atoms. The SMILES string of the molecule is CC1(C)CCc2cc(-c3ccc(C(F)(F)F)cc3)ccc2[C@H]1NC(=O)O. The third kappa shape index (κ3) is 3.54. The summed E-state index contributed by atoms with van der Waals surface area (Å²) >= 11 is 0. The monoisotopic (exact) mass is 363 g/mol. The summed E-state index contributed by atoms with van der Waals surface area (Å²) in [7, 11) is 0. The molecule has 0 saturated heterocycles. The number of aryl methyl sites for hydroxylation is 1. The zero-order chi connectivity index (χ0) is 19.1. The Balaban J connectivity index is 1.95. The van der Waals surface area contributed by atoms with Gasteiger partial charge in [0.2, 0.25) is 0 Å². The molecule has 1 aliphatic rings. The fourth-order valence-corrected chi connectivity index (χ4v) is 3.55. The Kier molecular flexibility index (Phi) is 4.46. The van der Waals surface area contributed by atoms with Gasteiger partial charge in [-0.2, -0.15) is 13.2 Å². The minimum Gasteiger partial charge on any atom is -0.465 e. The normalized spacial score (nSPS) is 18.9. The molecule has 3 rings (SSSR count). The van der Waals surface area contributed by atoms with E-state index in [1.807, 2.05) is 32.0 Å². The van der Waals surface area contributed by atoms with Crippen LogP contribution in [0.1, 0.15) is 43.0 Å². The second-order valence-corrected chi connectivity index (χ2v) is 7.36. The van der Waals surface area contributed by atoms with E-state index < -0.39 is 17.8 Å². The summed E-state index contributed by atoms with van der Waals surface area (Å²) in [5.74, 6) is 0. The average Bonchev–Trinajstić information content (AvgIpc) is 2.56. The molecule has 3 nitrogen and oxygen atoms in total. The van der Waals surface area contributed by atoms with E-state index in [4.69, 9.17) is 5.11 Å². The Labute approximate surface area is 149 Å². The van der Waals surface area contributed by atoms with Crippen molar-refractivity contribution in [2.45, 2.75) is 38.9 Å². The second kappa shape index (κ2) is 6.34. The van der Waals surface area contributed by atoms with Crippen molar-refractivity contribution in [3.63, 3.8) is 0 Å². The minimum absolute atomic E-state index is 0.207. The van der Waals surface area contributed by atoms with Crippen LogP contribution >= 0.6 is 0 Å². The van der Waals surface area contributed by atoms with Crippen LogP contribution in [0.5, 0.6) is 0 Å². The Bertz CT molecular complexity index is 826. The molecule has 2 N–H and O–H groups in total. The third-order valence-electron chi connectivity index (χ3n) is 5.09. The highest BCUT2D eigenvalue weighted by Gasteiger charge is 2.37. The molecule has 0 aromatic heterocycles. The fourth-order valence-electron chi connectivity index (χ4n) is 3.55. The molecule has 0 aliphatic heterocycles. The maximum atomic E-state index is 12.7. The first-order valence-electron chi connectivity index (χ1n) is 8.38. The summed E-state index contributed by atoms with van der Waals surface area (Å²) in [6.07, 6.45) is -3.80. The number of alkyl halides is 3. The van der Waals surface area contributed by atoms with Crippen molar-refractivity contribution in [1.82, 2.24) is 5.32 Å². The predicted octanol–water partition coefficient (Wildman–Crippen LogP) is 5.65. The Morgan fingerprint density at radius 2 is 1.73 bits per heavy atom. The smallest absolute Gasteiger partial charge is 0.416 e. The van der Waals surface area contributed by atoms with Gasteiger partial charge >= 0.3 is 12.3 Å². The molecule has 0 unspecified atom stereocenters. The summed E-state index contributed by atoms with van der Waals surface area (Å²) in [5, 5.41) is 11.7. The lowest BCUT2D eigenvalue weighted by atomic mass is 9.70. The number of halogens is 3. The Hall–Kier alpha value is -2.50. The first-order valence-corrected chi connectivity index (χ1v) is 8.38. The largest absolute Gasteiger partial charge is 0.465 e. The van der Waals surface area contributed by atoms with Gasteiger partial charge in [-0.15, -0.1) is 0 Å². The summed E-state index contributed by atoms with van der Waals surface area (Å²) < 4.78 is 38.1. The van der Waals surface area contributed by atoms with Gasteiger partial charge in [0.15, 0.2) is 0 Å². The van der Waals surface area contributed by atoms with Crippen molar-refractivity contribution < 1.29 is 23.1 Å². The van der Waals surface area contributed by atoms with Gasteiger partial charge in [-0.25, -0.2) is 4.79 Å². The number of rotatable bonds is 2. The van der Waals surface area contributed by atoms with Crippen LogP contribution < -0.4 is 5.32 Å². The zero-order valence-corrected chi connectivity index (χ0v) is 14.5. The first-order chi connectivity index (χ1) is 12.1. The molecular formula is C20H20F3NO2.